The molecule has 0 atom stereocenters. The summed E-state index contributed by atoms with van der Waals surface area (Å²) >= 11 is 12.5. The molecule has 34 heavy (non-hydrogen) atoms. The van der Waals surface area contributed by atoms with Gasteiger partial charge in [-0.05, 0) is 68.4 Å². The predicted octanol–water partition coefficient (Wildman–Crippen LogP) is 7.05. The summed E-state index contributed by atoms with van der Waals surface area (Å²) in [5, 5.41) is 0.815. The Hall–Kier alpha value is -3.35. The largest absolute Gasteiger partial charge is 0.488 e. The summed E-state index contributed by atoms with van der Waals surface area (Å²) in [5.74, 6) is 0.215. The van der Waals surface area contributed by atoms with Gasteiger partial charge in [-0.3, -0.25) is 4.57 Å². The van der Waals surface area contributed by atoms with Crippen molar-refractivity contribution >= 4 is 29.2 Å². The molecule has 4 rings (SSSR count). The molecule has 0 saturated heterocycles. The number of hydrogen-bond donors (Lipinski definition) is 0. The lowest BCUT2D eigenvalue weighted by Crippen LogP contribution is -2.10. The quantitative estimate of drug-likeness (QED) is 0.256. The fraction of sp³-hybridized carbons (Fsp3) is 0.154. The van der Waals surface area contributed by atoms with Crippen molar-refractivity contribution in [3.05, 3.63) is 99.5 Å². The number of aryl methyl sites for hydroxylation is 1. The van der Waals surface area contributed by atoms with Crippen LogP contribution in [0.15, 0.2) is 66.7 Å². The minimum absolute atomic E-state index is 0.143. The van der Waals surface area contributed by atoms with Gasteiger partial charge in [-0.2, -0.15) is 0 Å². The van der Waals surface area contributed by atoms with Crippen molar-refractivity contribution < 1.29 is 18.7 Å². The van der Waals surface area contributed by atoms with Crippen LogP contribution in [0, 0.1) is 12.7 Å². The Morgan fingerprint density at radius 2 is 1.88 bits per heavy atom. The molecule has 0 bridgehead atoms. The fourth-order valence-corrected chi connectivity index (χ4v) is 3.94. The first-order chi connectivity index (χ1) is 16.4. The van der Waals surface area contributed by atoms with Crippen LogP contribution in [0.1, 0.15) is 28.7 Å². The summed E-state index contributed by atoms with van der Waals surface area (Å²) in [7, 11) is 0. The highest BCUT2D eigenvalue weighted by Gasteiger charge is 2.17. The summed E-state index contributed by atoms with van der Waals surface area (Å²) in [6, 6.07) is 18.5. The molecule has 4 aromatic rings. The Morgan fingerprint density at radius 1 is 1.06 bits per heavy atom. The molecule has 174 valence electrons. The summed E-state index contributed by atoms with van der Waals surface area (Å²) in [5.41, 5.74) is 3.26. The Morgan fingerprint density at radius 3 is 2.65 bits per heavy atom. The molecular weight excluding hydrogens is 478 g/mol. The number of rotatable bonds is 7. The molecule has 0 radical (unpaired) electrons. The third kappa shape index (κ3) is 5.08. The predicted molar refractivity (Wildman–Crippen MR) is 130 cm³/mol. The third-order valence-corrected chi connectivity index (χ3v) is 5.73. The number of esters is 1. The maximum Gasteiger partial charge on any atom is 0.356 e. The van der Waals surface area contributed by atoms with Crippen LogP contribution in [0.4, 0.5) is 4.39 Å². The molecule has 2 aromatic carbocycles. The molecule has 0 saturated carbocycles. The second kappa shape index (κ2) is 10.3. The topological polar surface area (TPSA) is 53.4 Å². The zero-order chi connectivity index (χ0) is 24.2. The monoisotopic (exact) mass is 498 g/mol. The van der Waals surface area contributed by atoms with Crippen LogP contribution in [0.25, 0.3) is 17.1 Å². The number of halogens is 3. The molecule has 8 heteroatoms. The maximum atomic E-state index is 13.4. The van der Waals surface area contributed by atoms with Gasteiger partial charge in [-0.25, -0.2) is 14.2 Å². The van der Waals surface area contributed by atoms with Crippen molar-refractivity contribution in [2.24, 2.45) is 0 Å². The van der Waals surface area contributed by atoms with Crippen LogP contribution in [0.5, 0.6) is 5.75 Å². The van der Waals surface area contributed by atoms with E-state index in [2.05, 4.69) is 4.98 Å². The van der Waals surface area contributed by atoms with Gasteiger partial charge in [0.25, 0.3) is 0 Å². The number of nitrogens with zero attached hydrogens (tertiary/aromatic N) is 2. The first kappa shape index (κ1) is 23.8. The van der Waals surface area contributed by atoms with Crippen molar-refractivity contribution in [1.29, 1.82) is 0 Å². The second-order valence-corrected chi connectivity index (χ2v) is 8.31. The zero-order valence-corrected chi connectivity index (χ0v) is 20.0. The van der Waals surface area contributed by atoms with E-state index in [1.165, 1.54) is 12.1 Å². The van der Waals surface area contributed by atoms with Crippen molar-refractivity contribution in [2.75, 3.05) is 6.61 Å². The highest BCUT2D eigenvalue weighted by atomic mass is 35.5. The standard InChI is InChI=1S/C26H21Cl2FN2O3/c1-3-33-26(32)22-5-4-6-25(30-22)31-16(2)7-11-23(31)20-13-18(27)9-12-24(20)34-15-17-8-10-19(29)14-21(17)28/h4-14H,3,15H2,1-2H3. The molecule has 0 amide bonds. The van der Waals surface area contributed by atoms with E-state index in [0.29, 0.717) is 22.2 Å². The van der Waals surface area contributed by atoms with E-state index in [4.69, 9.17) is 32.7 Å². The number of benzene rings is 2. The van der Waals surface area contributed by atoms with Gasteiger partial charge in [-0.1, -0.05) is 35.3 Å². The molecule has 2 heterocycles. The van der Waals surface area contributed by atoms with Crippen LogP contribution in [-0.2, 0) is 11.3 Å². The minimum atomic E-state index is -0.487. The normalized spacial score (nSPS) is 10.9. The van der Waals surface area contributed by atoms with Gasteiger partial charge in [0.05, 0.1) is 17.3 Å². The van der Waals surface area contributed by atoms with Gasteiger partial charge in [-0.15, -0.1) is 0 Å². The van der Waals surface area contributed by atoms with Crippen molar-refractivity contribution in [3.8, 4) is 22.8 Å². The molecule has 0 unspecified atom stereocenters. The van der Waals surface area contributed by atoms with Crippen molar-refractivity contribution in [2.45, 2.75) is 20.5 Å². The summed E-state index contributed by atoms with van der Waals surface area (Å²) < 4.78 is 26.5. The number of hydrogen-bond acceptors (Lipinski definition) is 4. The molecular formula is C26H21Cl2FN2O3. The second-order valence-electron chi connectivity index (χ2n) is 7.46. The fourth-order valence-electron chi connectivity index (χ4n) is 3.54. The zero-order valence-electron chi connectivity index (χ0n) is 18.5. The third-order valence-electron chi connectivity index (χ3n) is 5.14. The lowest BCUT2D eigenvalue weighted by atomic mass is 10.1. The van der Waals surface area contributed by atoms with E-state index in [9.17, 15) is 9.18 Å². The minimum Gasteiger partial charge on any atom is -0.488 e. The summed E-state index contributed by atoms with van der Waals surface area (Å²) in [6.07, 6.45) is 0. The van der Waals surface area contributed by atoms with Crippen LogP contribution < -0.4 is 4.74 Å². The first-order valence-corrected chi connectivity index (χ1v) is 11.3. The van der Waals surface area contributed by atoms with Gasteiger partial charge in [0.2, 0.25) is 0 Å². The Bertz CT molecular complexity index is 1350. The lowest BCUT2D eigenvalue weighted by molar-refractivity contribution is 0.0519. The molecule has 0 aliphatic rings. The molecule has 0 fully saturated rings. The number of carbonyl (C=O) groups excluding carboxylic acids is 1. The van der Waals surface area contributed by atoms with Crippen LogP contribution in [-0.4, -0.2) is 22.1 Å². The highest BCUT2D eigenvalue weighted by Crippen LogP contribution is 2.36. The molecule has 0 aliphatic carbocycles. The molecule has 0 N–H and O–H groups in total. The van der Waals surface area contributed by atoms with Crippen LogP contribution >= 0.6 is 23.2 Å². The number of carbonyl (C=O) groups is 1. The van der Waals surface area contributed by atoms with Crippen LogP contribution in [0.2, 0.25) is 10.0 Å². The summed E-state index contributed by atoms with van der Waals surface area (Å²) in [4.78, 5) is 16.7. The highest BCUT2D eigenvalue weighted by molar-refractivity contribution is 6.31. The number of ether oxygens (including phenoxy) is 2. The van der Waals surface area contributed by atoms with E-state index >= 15 is 0 Å². The SMILES string of the molecule is CCOC(=O)c1cccc(-n2c(C)ccc2-c2cc(Cl)ccc2OCc2ccc(F)cc2Cl)n1. The maximum absolute atomic E-state index is 13.4. The van der Waals surface area contributed by atoms with E-state index in [-0.39, 0.29) is 23.9 Å². The van der Waals surface area contributed by atoms with Crippen LogP contribution in [0.3, 0.4) is 0 Å². The lowest BCUT2D eigenvalue weighted by Gasteiger charge is -2.16. The number of aromatic nitrogens is 2. The Labute approximate surface area is 206 Å². The van der Waals surface area contributed by atoms with Gasteiger partial charge in [0, 0.05) is 21.8 Å². The van der Waals surface area contributed by atoms with E-state index in [1.54, 1.807) is 43.3 Å². The molecule has 0 aliphatic heterocycles. The Kier molecular flexibility index (Phi) is 7.20. The molecule has 2 aromatic heterocycles. The number of pyridine rings is 1. The van der Waals surface area contributed by atoms with E-state index in [1.807, 2.05) is 29.7 Å². The average Bonchev–Trinajstić information content (AvgIpc) is 3.20. The Balaban J connectivity index is 1.73. The summed E-state index contributed by atoms with van der Waals surface area (Å²) in [6.45, 7) is 4.09. The van der Waals surface area contributed by atoms with Crippen molar-refractivity contribution in [3.63, 3.8) is 0 Å². The first-order valence-electron chi connectivity index (χ1n) is 10.6. The molecule has 0 spiro atoms. The van der Waals surface area contributed by atoms with Gasteiger partial charge in [0.15, 0.2) is 5.69 Å². The van der Waals surface area contributed by atoms with E-state index in [0.717, 1.165) is 17.0 Å². The van der Waals surface area contributed by atoms with Gasteiger partial charge >= 0.3 is 5.97 Å². The average molecular weight is 499 g/mol. The van der Waals surface area contributed by atoms with Gasteiger partial charge in [0.1, 0.15) is 24.0 Å². The van der Waals surface area contributed by atoms with E-state index < -0.39 is 11.8 Å². The smallest absolute Gasteiger partial charge is 0.356 e. The van der Waals surface area contributed by atoms with Crippen molar-refractivity contribution in [1.82, 2.24) is 9.55 Å². The van der Waals surface area contributed by atoms with Gasteiger partial charge < -0.3 is 9.47 Å². The molecule has 5 nitrogen and oxygen atoms in total.